The highest BCUT2D eigenvalue weighted by atomic mass is 15.3. The number of nitrogens with one attached hydrogen (secondary N) is 1. The summed E-state index contributed by atoms with van der Waals surface area (Å²) in [5.41, 5.74) is 3.11. The van der Waals surface area contributed by atoms with Crippen LogP contribution in [0.15, 0.2) is 6.20 Å². The molecule has 0 spiro atoms. The number of hydrogen-bond acceptors (Lipinski definition) is 2. The molecular formula is C12H19N3. The second kappa shape index (κ2) is 2.85. The molecule has 2 aliphatic rings. The predicted octanol–water partition coefficient (Wildman–Crippen LogP) is 1.81. The molecule has 2 atom stereocenters. The van der Waals surface area contributed by atoms with Gasteiger partial charge < -0.3 is 5.32 Å². The van der Waals surface area contributed by atoms with E-state index >= 15 is 0 Å². The second-order valence-electron chi connectivity index (χ2n) is 5.86. The first-order valence-corrected chi connectivity index (χ1v) is 5.86. The molecule has 2 bridgehead atoms. The van der Waals surface area contributed by atoms with Gasteiger partial charge in [0.1, 0.15) is 0 Å². The Morgan fingerprint density at radius 3 is 2.80 bits per heavy atom. The Kier molecular flexibility index (Phi) is 1.78. The van der Waals surface area contributed by atoms with Gasteiger partial charge in [0.25, 0.3) is 0 Å². The molecule has 1 aromatic heterocycles. The third kappa shape index (κ3) is 1.26. The fourth-order valence-electron chi connectivity index (χ4n) is 3.02. The molecule has 0 aromatic carbocycles. The van der Waals surface area contributed by atoms with Crippen molar-refractivity contribution in [2.45, 2.75) is 44.6 Å². The fraction of sp³-hybridized carbons (Fsp3) is 0.750. The van der Waals surface area contributed by atoms with Crippen molar-refractivity contribution in [1.29, 1.82) is 0 Å². The largest absolute Gasteiger partial charge is 0.315 e. The van der Waals surface area contributed by atoms with Crippen molar-refractivity contribution in [3.05, 3.63) is 17.5 Å². The summed E-state index contributed by atoms with van der Waals surface area (Å²) in [5.74, 6) is 1.41. The molecule has 3 rings (SSSR count). The lowest BCUT2D eigenvalue weighted by atomic mass is 9.98. The molecule has 3 nitrogen and oxygen atoms in total. The second-order valence-corrected chi connectivity index (χ2v) is 5.86. The topological polar surface area (TPSA) is 29.9 Å². The van der Waals surface area contributed by atoms with Gasteiger partial charge >= 0.3 is 0 Å². The molecule has 1 aliphatic heterocycles. The SMILES string of the molecule is CC(C)(C)n1ncc2c1C1CNC[C@H]2C1. The van der Waals surface area contributed by atoms with Gasteiger partial charge in [0, 0.05) is 30.6 Å². The molecule has 1 aromatic rings. The van der Waals surface area contributed by atoms with E-state index in [-0.39, 0.29) is 5.54 Å². The minimum Gasteiger partial charge on any atom is -0.315 e. The van der Waals surface area contributed by atoms with Crippen LogP contribution >= 0.6 is 0 Å². The maximum Gasteiger partial charge on any atom is 0.0546 e. The van der Waals surface area contributed by atoms with E-state index in [1.807, 2.05) is 0 Å². The lowest BCUT2D eigenvalue weighted by molar-refractivity contribution is 0.328. The molecule has 1 N–H and O–H groups in total. The highest BCUT2D eigenvalue weighted by Gasteiger charge is 2.39. The van der Waals surface area contributed by atoms with Gasteiger partial charge in [0.05, 0.1) is 11.7 Å². The van der Waals surface area contributed by atoms with Gasteiger partial charge in [-0.15, -0.1) is 0 Å². The zero-order valence-electron chi connectivity index (χ0n) is 9.75. The molecule has 0 radical (unpaired) electrons. The van der Waals surface area contributed by atoms with Crippen molar-refractivity contribution in [3.8, 4) is 0 Å². The normalized spacial score (nSPS) is 29.3. The third-order valence-electron chi connectivity index (χ3n) is 3.65. The van der Waals surface area contributed by atoms with Gasteiger partial charge in [-0.3, -0.25) is 4.68 Å². The molecule has 1 saturated heterocycles. The Morgan fingerprint density at radius 1 is 1.33 bits per heavy atom. The van der Waals surface area contributed by atoms with Gasteiger partial charge in [-0.2, -0.15) is 5.10 Å². The van der Waals surface area contributed by atoms with Gasteiger partial charge in [-0.1, -0.05) is 0 Å². The van der Waals surface area contributed by atoms with Crippen LogP contribution in [0.2, 0.25) is 0 Å². The Labute approximate surface area is 90.9 Å². The van der Waals surface area contributed by atoms with E-state index in [1.165, 1.54) is 17.7 Å². The summed E-state index contributed by atoms with van der Waals surface area (Å²) >= 11 is 0. The molecule has 0 saturated carbocycles. The van der Waals surface area contributed by atoms with E-state index in [2.05, 4.69) is 42.1 Å². The van der Waals surface area contributed by atoms with Crippen LogP contribution in [0.1, 0.15) is 50.3 Å². The smallest absolute Gasteiger partial charge is 0.0546 e. The lowest BCUT2D eigenvalue weighted by Crippen LogP contribution is -2.32. The summed E-state index contributed by atoms with van der Waals surface area (Å²) in [6.07, 6.45) is 3.43. The Morgan fingerprint density at radius 2 is 2.07 bits per heavy atom. The maximum absolute atomic E-state index is 4.58. The van der Waals surface area contributed by atoms with E-state index in [1.54, 1.807) is 0 Å². The van der Waals surface area contributed by atoms with Crippen LogP contribution in [0, 0.1) is 0 Å². The number of rotatable bonds is 0. The fourth-order valence-corrected chi connectivity index (χ4v) is 3.02. The minimum absolute atomic E-state index is 0.116. The van der Waals surface area contributed by atoms with E-state index in [0.29, 0.717) is 5.92 Å². The summed E-state index contributed by atoms with van der Waals surface area (Å²) in [6, 6.07) is 0. The summed E-state index contributed by atoms with van der Waals surface area (Å²) in [6.45, 7) is 8.96. The Bertz CT molecular complexity index is 386. The standard InChI is InChI=1S/C12H19N3/c1-12(2,3)15-11-9-4-8(5-13-6-9)10(11)7-14-15/h7-9,13H,4-6H2,1-3H3/t8-,9?/m1/s1. The molecule has 1 unspecified atom stereocenters. The van der Waals surface area contributed by atoms with Crippen molar-refractivity contribution >= 4 is 0 Å². The van der Waals surface area contributed by atoms with E-state index in [4.69, 9.17) is 0 Å². The summed E-state index contributed by atoms with van der Waals surface area (Å²) in [5, 5.41) is 8.10. The van der Waals surface area contributed by atoms with Crippen LogP contribution in [0.3, 0.4) is 0 Å². The molecule has 0 amide bonds. The molecule has 3 heteroatoms. The molecule has 82 valence electrons. The van der Waals surface area contributed by atoms with Crippen LogP contribution in [0.25, 0.3) is 0 Å². The molecular weight excluding hydrogens is 186 g/mol. The number of nitrogens with zero attached hydrogens (tertiary/aromatic N) is 2. The van der Waals surface area contributed by atoms with Crippen LogP contribution in [-0.4, -0.2) is 22.9 Å². The van der Waals surface area contributed by atoms with Crippen molar-refractivity contribution in [1.82, 2.24) is 15.1 Å². The van der Waals surface area contributed by atoms with Gasteiger partial charge in [-0.05, 0) is 32.8 Å². The van der Waals surface area contributed by atoms with Crippen LogP contribution < -0.4 is 5.32 Å². The zero-order chi connectivity index (χ0) is 10.6. The first-order chi connectivity index (χ1) is 7.07. The number of fused-ring (bicyclic) bond motifs is 5. The first kappa shape index (κ1) is 9.40. The van der Waals surface area contributed by atoms with Crippen molar-refractivity contribution in [2.75, 3.05) is 13.1 Å². The summed E-state index contributed by atoms with van der Waals surface area (Å²) < 4.78 is 2.24. The van der Waals surface area contributed by atoms with Crippen LogP contribution in [-0.2, 0) is 5.54 Å². The lowest BCUT2D eigenvalue weighted by Gasteiger charge is -2.26. The van der Waals surface area contributed by atoms with Gasteiger partial charge in [0.2, 0.25) is 0 Å². The average Bonchev–Trinajstić information content (AvgIpc) is 2.68. The number of hydrogen-bond donors (Lipinski definition) is 1. The predicted molar refractivity (Wildman–Crippen MR) is 60.2 cm³/mol. The highest BCUT2D eigenvalue weighted by molar-refractivity contribution is 5.35. The van der Waals surface area contributed by atoms with Crippen LogP contribution in [0.4, 0.5) is 0 Å². The highest BCUT2D eigenvalue weighted by Crippen LogP contribution is 2.44. The number of aromatic nitrogens is 2. The Hall–Kier alpha value is -0.830. The minimum atomic E-state index is 0.116. The summed E-state index contributed by atoms with van der Waals surface area (Å²) in [7, 11) is 0. The van der Waals surface area contributed by atoms with E-state index in [0.717, 1.165) is 19.0 Å². The van der Waals surface area contributed by atoms with Crippen LogP contribution in [0.5, 0.6) is 0 Å². The van der Waals surface area contributed by atoms with Crippen molar-refractivity contribution in [2.24, 2.45) is 0 Å². The summed E-state index contributed by atoms with van der Waals surface area (Å²) in [4.78, 5) is 0. The van der Waals surface area contributed by atoms with Gasteiger partial charge in [0.15, 0.2) is 0 Å². The van der Waals surface area contributed by atoms with E-state index < -0.39 is 0 Å². The molecule has 15 heavy (non-hydrogen) atoms. The average molecular weight is 205 g/mol. The molecule has 2 heterocycles. The monoisotopic (exact) mass is 205 g/mol. The van der Waals surface area contributed by atoms with Crippen molar-refractivity contribution in [3.63, 3.8) is 0 Å². The quantitative estimate of drug-likeness (QED) is 0.700. The third-order valence-corrected chi connectivity index (χ3v) is 3.65. The maximum atomic E-state index is 4.58. The Balaban J connectivity index is 2.12. The zero-order valence-corrected chi connectivity index (χ0v) is 9.75. The van der Waals surface area contributed by atoms with E-state index in [9.17, 15) is 0 Å². The first-order valence-electron chi connectivity index (χ1n) is 5.86. The van der Waals surface area contributed by atoms with Gasteiger partial charge in [-0.25, -0.2) is 0 Å². The molecule has 1 fully saturated rings. The number of piperidine rings is 1. The van der Waals surface area contributed by atoms with Crippen molar-refractivity contribution < 1.29 is 0 Å². The molecule has 1 aliphatic carbocycles.